The van der Waals surface area contributed by atoms with Crippen LogP contribution in [0.25, 0.3) is 0 Å². The van der Waals surface area contributed by atoms with Crippen LogP contribution >= 0.6 is 23.4 Å². The number of para-hydroxylation sites is 1. The highest BCUT2D eigenvalue weighted by molar-refractivity contribution is 8.00. The lowest BCUT2D eigenvalue weighted by molar-refractivity contribution is -0.136. The molecule has 3 aromatic carbocycles. The van der Waals surface area contributed by atoms with Crippen LogP contribution in [0.5, 0.6) is 11.5 Å². The van der Waals surface area contributed by atoms with Crippen molar-refractivity contribution in [3.05, 3.63) is 89.4 Å². The van der Waals surface area contributed by atoms with Crippen molar-refractivity contribution < 1.29 is 14.6 Å². The first-order valence-electron chi connectivity index (χ1n) is 8.07. The van der Waals surface area contributed by atoms with Crippen LogP contribution in [0.2, 0.25) is 5.02 Å². The number of hydrogen-bond acceptors (Lipinski definition) is 3. The van der Waals surface area contributed by atoms with Gasteiger partial charge in [-0.25, -0.2) is 0 Å². The van der Waals surface area contributed by atoms with E-state index >= 15 is 0 Å². The number of carboxylic acids is 1. The fraction of sp³-hybridized carbons (Fsp3) is 0.0952. The fourth-order valence-corrected chi connectivity index (χ4v) is 3.67. The average molecular weight is 385 g/mol. The summed E-state index contributed by atoms with van der Waals surface area (Å²) in [7, 11) is 0. The molecule has 0 saturated carbocycles. The zero-order valence-electron chi connectivity index (χ0n) is 13.8. The Morgan fingerprint density at radius 3 is 2.31 bits per heavy atom. The van der Waals surface area contributed by atoms with Crippen LogP contribution in [-0.2, 0) is 11.2 Å². The first-order chi connectivity index (χ1) is 12.6. The van der Waals surface area contributed by atoms with Crippen molar-refractivity contribution >= 4 is 29.3 Å². The summed E-state index contributed by atoms with van der Waals surface area (Å²) < 4.78 is 5.93. The topological polar surface area (TPSA) is 46.5 Å². The molecule has 0 aromatic heterocycles. The van der Waals surface area contributed by atoms with E-state index < -0.39 is 11.2 Å². The van der Waals surface area contributed by atoms with Gasteiger partial charge in [0.15, 0.2) is 0 Å². The van der Waals surface area contributed by atoms with Gasteiger partial charge in [0, 0.05) is 9.92 Å². The molecule has 0 bridgehead atoms. The van der Waals surface area contributed by atoms with Gasteiger partial charge in [0.25, 0.3) is 0 Å². The molecule has 0 aliphatic rings. The zero-order valence-corrected chi connectivity index (χ0v) is 15.4. The predicted octanol–water partition coefficient (Wildman–Crippen LogP) is 5.92. The Bertz CT molecular complexity index is 869. The van der Waals surface area contributed by atoms with Crippen molar-refractivity contribution in [3.8, 4) is 11.5 Å². The molecule has 1 atom stereocenters. The number of carbonyl (C=O) groups is 1. The molecule has 26 heavy (non-hydrogen) atoms. The maximum absolute atomic E-state index is 11.8. The van der Waals surface area contributed by atoms with Crippen LogP contribution in [0, 0.1) is 0 Å². The van der Waals surface area contributed by atoms with Crippen molar-refractivity contribution in [2.24, 2.45) is 0 Å². The van der Waals surface area contributed by atoms with E-state index in [1.807, 2.05) is 60.7 Å². The van der Waals surface area contributed by atoms with Crippen LogP contribution in [0.3, 0.4) is 0 Å². The van der Waals surface area contributed by atoms with Gasteiger partial charge in [-0.1, -0.05) is 48.0 Å². The third-order valence-electron chi connectivity index (χ3n) is 3.70. The summed E-state index contributed by atoms with van der Waals surface area (Å²) >= 11 is 7.45. The number of ether oxygens (including phenoxy) is 1. The largest absolute Gasteiger partial charge is 0.480 e. The van der Waals surface area contributed by atoms with Gasteiger partial charge < -0.3 is 9.84 Å². The molecule has 0 heterocycles. The normalized spacial score (nSPS) is 11.7. The van der Waals surface area contributed by atoms with Crippen molar-refractivity contribution in [1.29, 1.82) is 0 Å². The first kappa shape index (κ1) is 18.4. The van der Waals surface area contributed by atoms with Gasteiger partial charge >= 0.3 is 5.97 Å². The molecule has 0 aliphatic carbocycles. The second kappa shape index (κ2) is 8.79. The van der Waals surface area contributed by atoms with Gasteiger partial charge in [0.2, 0.25) is 0 Å². The molecule has 3 rings (SSSR count). The molecule has 1 N–H and O–H groups in total. The van der Waals surface area contributed by atoms with Crippen LogP contribution in [0.15, 0.2) is 83.8 Å². The Labute approximate surface area is 161 Å². The molecule has 3 aromatic rings. The predicted molar refractivity (Wildman–Crippen MR) is 105 cm³/mol. The molecule has 132 valence electrons. The Morgan fingerprint density at radius 2 is 1.65 bits per heavy atom. The highest BCUT2D eigenvalue weighted by Crippen LogP contribution is 2.32. The lowest BCUT2D eigenvalue weighted by atomic mass is 10.1. The number of aliphatic carboxylic acids is 1. The van der Waals surface area contributed by atoms with Crippen molar-refractivity contribution in [2.45, 2.75) is 16.6 Å². The minimum Gasteiger partial charge on any atom is -0.480 e. The number of benzene rings is 3. The van der Waals surface area contributed by atoms with Gasteiger partial charge in [-0.05, 0) is 54.4 Å². The summed E-state index contributed by atoms with van der Waals surface area (Å²) in [5.41, 5.74) is 0.761. The number of halogens is 1. The molecule has 5 heteroatoms. The molecule has 0 unspecified atom stereocenters. The van der Waals surface area contributed by atoms with Crippen LogP contribution in [0.1, 0.15) is 5.56 Å². The van der Waals surface area contributed by atoms with Crippen LogP contribution in [0.4, 0.5) is 0 Å². The van der Waals surface area contributed by atoms with E-state index in [2.05, 4.69) is 0 Å². The van der Waals surface area contributed by atoms with Gasteiger partial charge in [0.1, 0.15) is 16.7 Å². The second-order valence-electron chi connectivity index (χ2n) is 5.63. The minimum atomic E-state index is -0.871. The molecule has 0 radical (unpaired) electrons. The molecule has 0 aliphatic heterocycles. The lowest BCUT2D eigenvalue weighted by Crippen LogP contribution is -2.19. The van der Waals surface area contributed by atoms with Crippen LogP contribution < -0.4 is 4.74 Å². The molecule has 0 amide bonds. The molecular formula is C21H17ClO3S. The van der Waals surface area contributed by atoms with E-state index in [1.165, 1.54) is 11.8 Å². The van der Waals surface area contributed by atoms with Crippen LogP contribution in [-0.4, -0.2) is 16.3 Å². The Morgan fingerprint density at radius 1 is 1.00 bits per heavy atom. The minimum absolute atomic E-state index is 0.303. The molecular weight excluding hydrogens is 368 g/mol. The fourth-order valence-electron chi connectivity index (χ4n) is 2.47. The highest BCUT2D eigenvalue weighted by Gasteiger charge is 2.22. The molecule has 0 fully saturated rings. The van der Waals surface area contributed by atoms with E-state index in [4.69, 9.17) is 16.3 Å². The number of hydrogen-bond donors (Lipinski definition) is 1. The Hall–Kier alpha value is -2.43. The summed E-state index contributed by atoms with van der Waals surface area (Å²) in [6, 6.07) is 24.2. The number of rotatable bonds is 7. The number of carboxylic acid groups (broad SMARTS) is 1. The van der Waals surface area contributed by atoms with E-state index in [-0.39, 0.29) is 0 Å². The van der Waals surface area contributed by atoms with E-state index in [0.29, 0.717) is 22.9 Å². The molecule has 0 saturated heterocycles. The smallest absolute Gasteiger partial charge is 0.317 e. The lowest BCUT2D eigenvalue weighted by Gasteiger charge is -2.16. The summed E-state index contributed by atoms with van der Waals surface area (Å²) in [5, 5.41) is 9.56. The standard InChI is InChI=1S/C21H17ClO3S/c22-16-11-12-19(25-17-7-3-1-4-8-17)15(13-16)14-20(21(23)24)26-18-9-5-2-6-10-18/h1-13,20H,14H2,(H,23,24)/t20-/m1/s1. The van der Waals surface area contributed by atoms with Crippen molar-refractivity contribution in [2.75, 3.05) is 0 Å². The third-order valence-corrected chi connectivity index (χ3v) is 5.13. The van der Waals surface area contributed by atoms with E-state index in [0.717, 1.165) is 10.5 Å². The summed E-state index contributed by atoms with van der Waals surface area (Å²) in [6.45, 7) is 0. The quantitative estimate of drug-likeness (QED) is 0.513. The van der Waals surface area contributed by atoms with Crippen molar-refractivity contribution in [1.82, 2.24) is 0 Å². The van der Waals surface area contributed by atoms with Gasteiger partial charge in [-0.2, -0.15) is 0 Å². The average Bonchev–Trinajstić information content (AvgIpc) is 2.65. The summed E-state index contributed by atoms with van der Waals surface area (Å²) in [4.78, 5) is 12.7. The Balaban J connectivity index is 1.84. The van der Waals surface area contributed by atoms with Gasteiger partial charge in [-0.15, -0.1) is 11.8 Å². The third kappa shape index (κ3) is 5.04. The summed E-state index contributed by atoms with van der Waals surface area (Å²) in [5.74, 6) is 0.434. The number of thioether (sulfide) groups is 1. The molecule has 3 nitrogen and oxygen atoms in total. The van der Waals surface area contributed by atoms with E-state index in [9.17, 15) is 9.90 Å². The van der Waals surface area contributed by atoms with Gasteiger partial charge in [0.05, 0.1) is 0 Å². The Kier molecular flexibility index (Phi) is 6.21. The SMILES string of the molecule is O=C(O)[C@@H](Cc1cc(Cl)ccc1Oc1ccccc1)Sc1ccccc1. The molecule has 0 spiro atoms. The van der Waals surface area contributed by atoms with Crippen molar-refractivity contribution in [3.63, 3.8) is 0 Å². The zero-order chi connectivity index (χ0) is 18.4. The summed E-state index contributed by atoms with van der Waals surface area (Å²) in [6.07, 6.45) is 0.303. The highest BCUT2D eigenvalue weighted by atomic mass is 35.5. The van der Waals surface area contributed by atoms with Gasteiger partial charge in [-0.3, -0.25) is 4.79 Å². The maximum Gasteiger partial charge on any atom is 0.317 e. The second-order valence-corrected chi connectivity index (χ2v) is 7.34. The maximum atomic E-state index is 11.8. The first-order valence-corrected chi connectivity index (χ1v) is 9.33. The monoisotopic (exact) mass is 384 g/mol. The van der Waals surface area contributed by atoms with E-state index in [1.54, 1.807) is 18.2 Å².